The highest BCUT2D eigenvalue weighted by molar-refractivity contribution is 6.73. The molecule has 7 aliphatic rings. The third-order valence-corrected chi connectivity index (χ3v) is 25.0. The Labute approximate surface area is 285 Å². The highest BCUT2D eigenvalue weighted by Gasteiger charge is 2.58. The van der Waals surface area contributed by atoms with Gasteiger partial charge in [-0.3, -0.25) is 4.57 Å². The zero-order chi connectivity index (χ0) is 32.9. The number of hydrogen-bond acceptors (Lipinski definition) is 7. The van der Waals surface area contributed by atoms with Crippen molar-refractivity contribution in [2.24, 2.45) is 35.5 Å². The molecule has 13 unspecified atom stereocenters. The monoisotopic (exact) mass is 699 g/mol. The van der Waals surface area contributed by atoms with Gasteiger partial charge in [0, 0.05) is 6.20 Å². The first-order valence-corrected chi connectivity index (χ1v) is 28.2. The topological polar surface area (TPSA) is 97.8 Å². The number of hydrogen-bond donors (Lipinski definition) is 1. The highest BCUT2D eigenvalue weighted by atomic mass is 28.4. The summed E-state index contributed by atoms with van der Waals surface area (Å²) in [4.78, 5) is 17.6. The highest BCUT2D eigenvalue weighted by Crippen LogP contribution is 2.59. The molecule has 2 heterocycles. The fourth-order valence-corrected chi connectivity index (χ4v) is 22.6. The molecular weight excluding hydrogens is 639 g/mol. The molecule has 47 heavy (non-hydrogen) atoms. The Morgan fingerprint density at radius 3 is 1.68 bits per heavy atom. The van der Waals surface area contributed by atoms with Gasteiger partial charge in [-0.25, -0.2) is 4.79 Å². The Bertz CT molecular complexity index is 1390. The summed E-state index contributed by atoms with van der Waals surface area (Å²) in [5, 5.41) is 0. The molecule has 0 spiro atoms. The van der Waals surface area contributed by atoms with Crippen LogP contribution in [0, 0.1) is 35.5 Å². The maximum absolute atomic E-state index is 13.4. The van der Waals surface area contributed by atoms with Crippen LogP contribution in [0.5, 0.6) is 0 Å². The van der Waals surface area contributed by atoms with E-state index in [2.05, 4.69) is 44.3 Å². The molecule has 1 aromatic heterocycles. The van der Waals surface area contributed by atoms with Crippen molar-refractivity contribution in [2.45, 2.75) is 157 Å². The van der Waals surface area contributed by atoms with Gasteiger partial charge in [0.15, 0.2) is 31.2 Å². The molecule has 0 radical (unpaired) electrons. The molecule has 6 aliphatic carbocycles. The third kappa shape index (κ3) is 6.13. The van der Waals surface area contributed by atoms with E-state index >= 15 is 0 Å². The van der Waals surface area contributed by atoms with Crippen molar-refractivity contribution < 1.29 is 18.0 Å². The van der Waals surface area contributed by atoms with E-state index in [9.17, 15) is 4.79 Å². The summed E-state index contributed by atoms with van der Waals surface area (Å²) >= 11 is 0. The summed E-state index contributed by atoms with van der Waals surface area (Å²) in [6, 6.07) is 1.71. The minimum atomic E-state index is -2.21. The first kappa shape index (κ1) is 33.3. The lowest BCUT2D eigenvalue weighted by Gasteiger charge is -2.43. The second-order valence-electron chi connectivity index (χ2n) is 18.7. The van der Waals surface area contributed by atoms with E-state index in [-0.39, 0.29) is 29.8 Å². The summed E-state index contributed by atoms with van der Waals surface area (Å²) in [7, 11) is -6.37. The first-order chi connectivity index (χ1) is 22.3. The average Bonchev–Trinajstić information content (AvgIpc) is 3.88. The van der Waals surface area contributed by atoms with Crippen LogP contribution in [0.25, 0.3) is 0 Å². The van der Waals surface area contributed by atoms with E-state index in [4.69, 9.17) is 23.7 Å². The lowest BCUT2D eigenvalue weighted by atomic mass is 10.0. The third-order valence-electron chi connectivity index (χ3n) is 14.8. The van der Waals surface area contributed by atoms with E-state index < -0.39 is 31.2 Å². The van der Waals surface area contributed by atoms with E-state index in [0.717, 1.165) is 41.0 Å². The number of anilines is 1. The van der Waals surface area contributed by atoms with E-state index in [1.807, 2.05) is 0 Å². The minimum Gasteiger partial charge on any atom is -0.414 e. The Morgan fingerprint density at radius 1 is 0.745 bits per heavy atom. The van der Waals surface area contributed by atoms with Gasteiger partial charge in [0.05, 0.1) is 6.61 Å². The zero-order valence-corrected chi connectivity index (χ0v) is 32.9. The van der Waals surface area contributed by atoms with Gasteiger partial charge < -0.3 is 23.7 Å². The predicted molar refractivity (Wildman–Crippen MR) is 193 cm³/mol. The van der Waals surface area contributed by atoms with Crippen LogP contribution in [0.15, 0.2) is 17.1 Å². The van der Waals surface area contributed by atoms with Crippen molar-refractivity contribution in [3.8, 4) is 0 Å². The second kappa shape index (κ2) is 12.1. The maximum Gasteiger partial charge on any atom is 0.351 e. The summed E-state index contributed by atoms with van der Waals surface area (Å²) in [6.45, 7) is 15.1. The quantitative estimate of drug-likeness (QED) is 0.237. The molecule has 13 atom stereocenters. The second-order valence-corrected chi connectivity index (χ2v) is 31.3. The van der Waals surface area contributed by atoms with Crippen LogP contribution in [0.2, 0.25) is 55.9 Å². The van der Waals surface area contributed by atoms with Crippen molar-refractivity contribution in [1.82, 2.24) is 9.55 Å². The molecule has 0 aromatic carbocycles. The molecule has 1 saturated heterocycles. The summed E-state index contributed by atoms with van der Waals surface area (Å²) < 4.78 is 30.9. The largest absolute Gasteiger partial charge is 0.414 e. The summed E-state index contributed by atoms with van der Waals surface area (Å²) in [5.41, 5.74) is 7.61. The van der Waals surface area contributed by atoms with E-state index in [1.54, 1.807) is 16.8 Å². The van der Waals surface area contributed by atoms with Crippen molar-refractivity contribution in [1.29, 1.82) is 0 Å². The number of nitrogens with two attached hydrogens (primary N) is 1. The smallest absolute Gasteiger partial charge is 0.351 e. The minimum absolute atomic E-state index is 0.231. The van der Waals surface area contributed by atoms with E-state index in [1.165, 1.54) is 77.0 Å². The molecule has 1 aromatic rings. The van der Waals surface area contributed by atoms with Gasteiger partial charge in [0.1, 0.15) is 24.1 Å². The number of nitrogens with zero attached hydrogens (tertiary/aromatic N) is 2. The fourth-order valence-electron chi connectivity index (χ4n) is 12.5. The van der Waals surface area contributed by atoms with Gasteiger partial charge in [-0.2, -0.15) is 4.98 Å². The number of ether oxygens (including phenoxy) is 1. The summed E-state index contributed by atoms with van der Waals surface area (Å²) in [6.07, 6.45) is 16.5. The van der Waals surface area contributed by atoms with Crippen LogP contribution in [0.4, 0.5) is 5.82 Å². The molecule has 0 amide bonds. The van der Waals surface area contributed by atoms with Crippen LogP contribution >= 0.6 is 0 Å². The van der Waals surface area contributed by atoms with Gasteiger partial charge in [-0.05, 0) is 136 Å². The maximum atomic E-state index is 13.4. The first-order valence-electron chi connectivity index (χ1n) is 19.3. The molecule has 6 saturated carbocycles. The molecule has 8 rings (SSSR count). The van der Waals surface area contributed by atoms with Crippen molar-refractivity contribution in [2.75, 3.05) is 12.3 Å². The van der Waals surface area contributed by atoms with Crippen LogP contribution < -0.4 is 11.4 Å². The Hall–Kier alpha value is -0.829. The van der Waals surface area contributed by atoms with E-state index in [0.29, 0.717) is 17.7 Å². The molecule has 2 N–H and O–H groups in total. The van der Waals surface area contributed by atoms with Crippen LogP contribution in [-0.4, -0.2) is 59.4 Å². The van der Waals surface area contributed by atoms with Crippen molar-refractivity contribution in [3.05, 3.63) is 22.7 Å². The Kier molecular flexibility index (Phi) is 8.61. The Morgan fingerprint density at radius 2 is 1.23 bits per heavy atom. The van der Waals surface area contributed by atoms with Crippen LogP contribution in [-0.2, 0) is 18.0 Å². The predicted octanol–water partition coefficient (Wildman–Crippen LogP) is 7.70. The molecule has 1 aliphatic heterocycles. The van der Waals surface area contributed by atoms with Crippen LogP contribution in [0.3, 0.4) is 0 Å². The summed E-state index contributed by atoms with van der Waals surface area (Å²) in [5.74, 6) is 5.26. The standard InChI is InChI=1S/C36H61N3O5Si3/c1-45(2,29-18-22-7-10-25(29)15-22)41-21-28-33(43-46(3,4)30-19-23-8-11-26(30)16-23)34(35(42-28)39-14-13-32(37)38-36(39)40)44-47(5,6)31-20-24-9-12-27(31)17-24/h13-14,22-31,33-35H,7-12,15-21H2,1-6H3,(H2,37,38,40). The lowest BCUT2D eigenvalue weighted by molar-refractivity contribution is -0.0507. The number of aromatic nitrogens is 2. The molecule has 11 heteroatoms. The van der Waals surface area contributed by atoms with Gasteiger partial charge in [0.2, 0.25) is 0 Å². The van der Waals surface area contributed by atoms with Gasteiger partial charge in [-0.15, -0.1) is 0 Å². The van der Waals surface area contributed by atoms with Gasteiger partial charge in [-0.1, -0.05) is 38.5 Å². The van der Waals surface area contributed by atoms with Crippen molar-refractivity contribution in [3.63, 3.8) is 0 Å². The molecule has 7 fully saturated rings. The van der Waals surface area contributed by atoms with Crippen LogP contribution in [0.1, 0.15) is 83.3 Å². The Balaban J connectivity index is 1.12. The zero-order valence-electron chi connectivity index (χ0n) is 29.9. The van der Waals surface area contributed by atoms with Gasteiger partial charge in [0.25, 0.3) is 0 Å². The van der Waals surface area contributed by atoms with Crippen molar-refractivity contribution >= 4 is 30.8 Å². The molecule has 262 valence electrons. The number of rotatable bonds is 11. The fraction of sp³-hybridized carbons (Fsp3) is 0.889. The normalized spacial score (nSPS) is 42.7. The lowest BCUT2D eigenvalue weighted by Crippen LogP contribution is -2.53. The molecular formula is C36H61N3O5Si3. The SMILES string of the molecule is C[Si](C)(OCC1OC(n2ccc(N)nc2=O)C(O[Si](C)(C)C2CC3CCC2C3)C1O[Si](C)(C)C1CC2CCC1C2)C1CC2CCC1C2. The average molecular weight is 700 g/mol. The molecule has 6 bridgehead atoms. The number of fused-ring (bicyclic) bond motifs is 6. The number of nitrogen functional groups attached to an aromatic ring is 1. The molecule has 8 nitrogen and oxygen atoms in total. The van der Waals surface area contributed by atoms with Gasteiger partial charge >= 0.3 is 5.69 Å².